The summed E-state index contributed by atoms with van der Waals surface area (Å²) < 4.78 is 2.04. The Morgan fingerprint density at radius 2 is 2.38 bits per heavy atom. The molecular formula is C15H21N5S. The van der Waals surface area contributed by atoms with E-state index in [4.69, 9.17) is 0 Å². The normalized spacial score (nSPS) is 18.1. The molecule has 1 N–H and O–H groups in total. The number of anilines is 1. The Kier molecular flexibility index (Phi) is 4.43. The third-order valence-electron chi connectivity index (χ3n) is 3.73. The second-order valence-corrected chi connectivity index (χ2v) is 6.49. The Hall–Kier alpha value is -1.56. The van der Waals surface area contributed by atoms with Gasteiger partial charge in [0.15, 0.2) is 0 Å². The fourth-order valence-electron chi connectivity index (χ4n) is 2.54. The van der Waals surface area contributed by atoms with Crippen LogP contribution < -0.4 is 5.32 Å². The number of aryl methyl sites for hydroxylation is 1. The summed E-state index contributed by atoms with van der Waals surface area (Å²) >= 11 is 1.98. The molecule has 3 rings (SSSR count). The zero-order valence-corrected chi connectivity index (χ0v) is 13.4. The van der Waals surface area contributed by atoms with Gasteiger partial charge in [-0.3, -0.25) is 4.68 Å². The molecule has 2 aromatic heterocycles. The van der Waals surface area contributed by atoms with E-state index in [-0.39, 0.29) is 0 Å². The minimum Gasteiger partial charge on any atom is -0.351 e. The first-order chi connectivity index (χ1) is 10.3. The summed E-state index contributed by atoms with van der Waals surface area (Å²) in [5.74, 6) is 3.09. The van der Waals surface area contributed by atoms with Crippen molar-refractivity contribution in [3.05, 3.63) is 24.2 Å². The number of aromatic nitrogens is 4. The minimum atomic E-state index is 0.495. The lowest BCUT2D eigenvalue weighted by Gasteiger charge is -2.11. The molecule has 3 heterocycles. The monoisotopic (exact) mass is 303 g/mol. The van der Waals surface area contributed by atoms with Crippen LogP contribution in [-0.2, 0) is 6.54 Å². The van der Waals surface area contributed by atoms with Gasteiger partial charge in [0.2, 0.25) is 5.95 Å². The van der Waals surface area contributed by atoms with Crippen LogP contribution >= 0.6 is 11.8 Å². The summed E-state index contributed by atoms with van der Waals surface area (Å²) in [6, 6.07) is 2.45. The SMILES string of the molecule is CCCn1ncc(-c2ccnc(N[C@@H]3CCSC3)n2)c1C. The molecule has 21 heavy (non-hydrogen) atoms. The molecule has 5 nitrogen and oxygen atoms in total. The van der Waals surface area contributed by atoms with Crippen molar-refractivity contribution in [2.75, 3.05) is 16.8 Å². The molecule has 0 aromatic carbocycles. The molecule has 1 aliphatic heterocycles. The summed E-state index contributed by atoms with van der Waals surface area (Å²) in [6.45, 7) is 5.20. The highest BCUT2D eigenvalue weighted by Gasteiger charge is 2.17. The molecule has 0 saturated carbocycles. The van der Waals surface area contributed by atoms with E-state index in [1.165, 1.54) is 12.2 Å². The molecule has 112 valence electrons. The van der Waals surface area contributed by atoms with Crippen LogP contribution in [0.1, 0.15) is 25.5 Å². The highest BCUT2D eigenvalue weighted by atomic mass is 32.2. The highest BCUT2D eigenvalue weighted by molar-refractivity contribution is 7.99. The second kappa shape index (κ2) is 6.47. The van der Waals surface area contributed by atoms with E-state index in [9.17, 15) is 0 Å². The molecule has 0 unspecified atom stereocenters. The third-order valence-corrected chi connectivity index (χ3v) is 4.90. The molecule has 0 amide bonds. The van der Waals surface area contributed by atoms with Crippen molar-refractivity contribution in [2.24, 2.45) is 0 Å². The van der Waals surface area contributed by atoms with Crippen molar-refractivity contribution in [1.82, 2.24) is 19.7 Å². The van der Waals surface area contributed by atoms with Gasteiger partial charge < -0.3 is 5.32 Å². The number of nitrogens with zero attached hydrogens (tertiary/aromatic N) is 4. The largest absolute Gasteiger partial charge is 0.351 e. The summed E-state index contributed by atoms with van der Waals surface area (Å²) in [4.78, 5) is 9.00. The smallest absolute Gasteiger partial charge is 0.223 e. The van der Waals surface area contributed by atoms with Gasteiger partial charge in [-0.2, -0.15) is 16.9 Å². The standard InChI is InChI=1S/C15H21N5S/c1-3-7-20-11(2)13(9-17-20)14-4-6-16-15(19-14)18-12-5-8-21-10-12/h4,6,9,12H,3,5,7-8,10H2,1-2H3,(H,16,18,19)/t12-/m1/s1. The lowest BCUT2D eigenvalue weighted by atomic mass is 10.2. The van der Waals surface area contributed by atoms with Crippen molar-refractivity contribution < 1.29 is 0 Å². The molecule has 2 aromatic rings. The molecule has 1 atom stereocenters. The van der Waals surface area contributed by atoms with Gasteiger partial charge >= 0.3 is 0 Å². The number of rotatable bonds is 5. The third kappa shape index (κ3) is 3.20. The summed E-state index contributed by atoms with van der Waals surface area (Å²) in [5.41, 5.74) is 3.20. The molecule has 1 aliphatic rings. The Labute approximate surface area is 129 Å². The van der Waals surface area contributed by atoms with Crippen LogP contribution in [0.4, 0.5) is 5.95 Å². The van der Waals surface area contributed by atoms with Gasteiger partial charge in [0, 0.05) is 35.8 Å². The van der Waals surface area contributed by atoms with Crippen LogP contribution in [0.15, 0.2) is 18.5 Å². The fourth-order valence-corrected chi connectivity index (χ4v) is 3.70. The number of hydrogen-bond acceptors (Lipinski definition) is 5. The average Bonchev–Trinajstić information content (AvgIpc) is 3.11. The Balaban J connectivity index is 1.81. The average molecular weight is 303 g/mol. The zero-order chi connectivity index (χ0) is 14.7. The van der Waals surface area contributed by atoms with E-state index in [2.05, 4.69) is 34.2 Å². The lowest BCUT2D eigenvalue weighted by Crippen LogP contribution is -2.19. The van der Waals surface area contributed by atoms with Crippen LogP contribution in [0.2, 0.25) is 0 Å². The van der Waals surface area contributed by atoms with Crippen LogP contribution in [-0.4, -0.2) is 37.3 Å². The maximum Gasteiger partial charge on any atom is 0.223 e. The first kappa shape index (κ1) is 14.4. The van der Waals surface area contributed by atoms with Crippen molar-refractivity contribution in [3.63, 3.8) is 0 Å². The first-order valence-electron chi connectivity index (χ1n) is 7.48. The van der Waals surface area contributed by atoms with E-state index in [1.807, 2.05) is 34.9 Å². The fraction of sp³-hybridized carbons (Fsp3) is 0.533. The molecular weight excluding hydrogens is 282 g/mol. The van der Waals surface area contributed by atoms with Crippen molar-refractivity contribution in [3.8, 4) is 11.3 Å². The molecule has 0 radical (unpaired) electrons. The van der Waals surface area contributed by atoms with Crippen LogP contribution in [0.3, 0.4) is 0 Å². The van der Waals surface area contributed by atoms with E-state index in [1.54, 1.807) is 0 Å². The minimum absolute atomic E-state index is 0.495. The molecule has 6 heteroatoms. The van der Waals surface area contributed by atoms with Gasteiger partial charge in [-0.15, -0.1) is 0 Å². The molecule has 0 bridgehead atoms. The van der Waals surface area contributed by atoms with Crippen molar-refractivity contribution >= 4 is 17.7 Å². The van der Waals surface area contributed by atoms with E-state index in [0.29, 0.717) is 6.04 Å². The zero-order valence-electron chi connectivity index (χ0n) is 12.5. The summed E-state index contributed by atoms with van der Waals surface area (Å²) in [7, 11) is 0. The first-order valence-corrected chi connectivity index (χ1v) is 8.63. The van der Waals surface area contributed by atoms with E-state index in [0.717, 1.165) is 41.6 Å². The van der Waals surface area contributed by atoms with Crippen molar-refractivity contribution in [2.45, 2.75) is 39.3 Å². The van der Waals surface area contributed by atoms with Gasteiger partial charge in [-0.25, -0.2) is 9.97 Å². The lowest BCUT2D eigenvalue weighted by molar-refractivity contribution is 0.587. The van der Waals surface area contributed by atoms with Crippen LogP contribution in [0.25, 0.3) is 11.3 Å². The van der Waals surface area contributed by atoms with Crippen LogP contribution in [0.5, 0.6) is 0 Å². The number of thioether (sulfide) groups is 1. The van der Waals surface area contributed by atoms with Gasteiger partial charge in [0.1, 0.15) is 0 Å². The highest BCUT2D eigenvalue weighted by Crippen LogP contribution is 2.23. The number of hydrogen-bond donors (Lipinski definition) is 1. The van der Waals surface area contributed by atoms with Gasteiger partial charge in [0.25, 0.3) is 0 Å². The molecule has 0 aliphatic carbocycles. The maximum absolute atomic E-state index is 4.66. The molecule has 1 saturated heterocycles. The van der Waals surface area contributed by atoms with Gasteiger partial charge in [0.05, 0.1) is 11.9 Å². The Morgan fingerprint density at radius 3 is 3.14 bits per heavy atom. The topological polar surface area (TPSA) is 55.6 Å². The summed E-state index contributed by atoms with van der Waals surface area (Å²) in [6.07, 6.45) is 6.00. The van der Waals surface area contributed by atoms with Crippen molar-refractivity contribution in [1.29, 1.82) is 0 Å². The van der Waals surface area contributed by atoms with Gasteiger partial charge in [-0.1, -0.05) is 6.92 Å². The number of nitrogens with one attached hydrogen (secondary N) is 1. The predicted molar refractivity (Wildman–Crippen MR) is 87.6 cm³/mol. The Morgan fingerprint density at radius 1 is 1.48 bits per heavy atom. The Bertz CT molecular complexity index is 604. The van der Waals surface area contributed by atoms with E-state index < -0.39 is 0 Å². The van der Waals surface area contributed by atoms with Crippen LogP contribution in [0, 0.1) is 6.92 Å². The second-order valence-electron chi connectivity index (χ2n) is 5.34. The maximum atomic E-state index is 4.66. The predicted octanol–water partition coefficient (Wildman–Crippen LogP) is 2.98. The summed E-state index contributed by atoms with van der Waals surface area (Å²) in [5, 5.41) is 7.88. The van der Waals surface area contributed by atoms with E-state index >= 15 is 0 Å². The molecule has 1 fully saturated rings. The quantitative estimate of drug-likeness (QED) is 0.920. The molecule has 0 spiro atoms. The van der Waals surface area contributed by atoms with Gasteiger partial charge in [-0.05, 0) is 31.6 Å².